The molecule has 1 heterocycles. The number of benzene rings is 2. The molecule has 128 valence electrons. The molecule has 0 saturated carbocycles. The number of nitrogens with one attached hydrogen (secondary N) is 1. The lowest BCUT2D eigenvalue weighted by molar-refractivity contribution is -0.121. The van der Waals surface area contributed by atoms with Crippen molar-refractivity contribution in [3.63, 3.8) is 0 Å². The van der Waals surface area contributed by atoms with Crippen LogP contribution in [0.25, 0.3) is 10.8 Å². The van der Waals surface area contributed by atoms with Gasteiger partial charge in [0.1, 0.15) is 0 Å². The van der Waals surface area contributed by atoms with Crippen molar-refractivity contribution in [2.24, 2.45) is 7.05 Å². The molecular formula is C19H18ClN3O2. The van der Waals surface area contributed by atoms with Crippen LogP contribution in [0.5, 0.6) is 0 Å². The Balaban J connectivity index is 1.84. The van der Waals surface area contributed by atoms with E-state index >= 15 is 0 Å². The highest BCUT2D eigenvalue weighted by molar-refractivity contribution is 6.31. The predicted octanol–water partition coefficient (Wildman–Crippen LogP) is 3.01. The van der Waals surface area contributed by atoms with Crippen LogP contribution in [0.1, 0.15) is 24.2 Å². The maximum Gasteiger partial charge on any atom is 0.274 e. The van der Waals surface area contributed by atoms with E-state index in [-0.39, 0.29) is 23.9 Å². The molecular weight excluding hydrogens is 338 g/mol. The summed E-state index contributed by atoms with van der Waals surface area (Å²) >= 11 is 6.18. The van der Waals surface area contributed by atoms with Gasteiger partial charge in [0.2, 0.25) is 5.91 Å². The number of aryl methyl sites for hydroxylation is 1. The van der Waals surface area contributed by atoms with Crippen molar-refractivity contribution < 1.29 is 4.79 Å². The maximum atomic E-state index is 12.5. The van der Waals surface area contributed by atoms with Gasteiger partial charge in [0, 0.05) is 17.5 Å². The normalized spacial score (nSPS) is 12.1. The lowest BCUT2D eigenvalue weighted by Gasteiger charge is -2.16. The highest BCUT2D eigenvalue weighted by Gasteiger charge is 2.16. The fraction of sp³-hybridized carbons (Fsp3) is 0.211. The molecule has 0 radical (unpaired) electrons. The summed E-state index contributed by atoms with van der Waals surface area (Å²) in [4.78, 5) is 24.6. The van der Waals surface area contributed by atoms with Gasteiger partial charge in [0.05, 0.1) is 23.5 Å². The molecule has 1 unspecified atom stereocenters. The zero-order chi connectivity index (χ0) is 18.0. The fourth-order valence-corrected chi connectivity index (χ4v) is 3.15. The van der Waals surface area contributed by atoms with E-state index in [1.165, 1.54) is 4.68 Å². The van der Waals surface area contributed by atoms with Gasteiger partial charge in [-0.05, 0) is 24.6 Å². The van der Waals surface area contributed by atoms with E-state index in [2.05, 4.69) is 10.4 Å². The van der Waals surface area contributed by atoms with Gasteiger partial charge in [-0.3, -0.25) is 9.59 Å². The number of halogens is 1. The number of amides is 1. The van der Waals surface area contributed by atoms with Crippen molar-refractivity contribution in [2.75, 3.05) is 0 Å². The number of rotatable bonds is 4. The lowest BCUT2D eigenvalue weighted by atomic mass is 10.1. The van der Waals surface area contributed by atoms with Gasteiger partial charge in [-0.2, -0.15) is 5.10 Å². The Kier molecular flexibility index (Phi) is 4.86. The molecule has 0 aliphatic rings. The number of carbonyl (C=O) groups is 1. The van der Waals surface area contributed by atoms with Gasteiger partial charge in [-0.15, -0.1) is 0 Å². The largest absolute Gasteiger partial charge is 0.349 e. The number of hydrogen-bond donors (Lipinski definition) is 1. The van der Waals surface area contributed by atoms with Gasteiger partial charge < -0.3 is 5.32 Å². The van der Waals surface area contributed by atoms with Crippen LogP contribution in [0.2, 0.25) is 5.02 Å². The van der Waals surface area contributed by atoms with Gasteiger partial charge in [0.15, 0.2) is 0 Å². The molecule has 1 amide bonds. The summed E-state index contributed by atoms with van der Waals surface area (Å²) in [5.41, 5.74) is 1.25. The summed E-state index contributed by atoms with van der Waals surface area (Å²) in [5, 5.41) is 9.06. The number of aromatic nitrogens is 2. The summed E-state index contributed by atoms with van der Waals surface area (Å²) in [6.07, 6.45) is 0.0867. The Hall–Kier alpha value is -2.66. The van der Waals surface area contributed by atoms with Crippen LogP contribution in [0.3, 0.4) is 0 Å². The Morgan fingerprint density at radius 2 is 1.80 bits per heavy atom. The first kappa shape index (κ1) is 17.2. The second-order valence-electron chi connectivity index (χ2n) is 5.91. The van der Waals surface area contributed by atoms with E-state index in [1.54, 1.807) is 25.2 Å². The monoisotopic (exact) mass is 355 g/mol. The standard InChI is InChI=1S/C19H18ClN3O2/c1-12(13-7-5-6-10-16(13)20)21-18(24)11-17-14-8-3-4-9-15(14)19(25)23(2)22-17/h3-10,12H,11H2,1-2H3,(H,21,24). The zero-order valence-electron chi connectivity index (χ0n) is 14.0. The van der Waals surface area contributed by atoms with Gasteiger partial charge in [0.25, 0.3) is 5.56 Å². The molecule has 2 aromatic carbocycles. The van der Waals surface area contributed by atoms with Crippen molar-refractivity contribution in [3.8, 4) is 0 Å². The van der Waals surface area contributed by atoms with Crippen LogP contribution in [-0.4, -0.2) is 15.7 Å². The second kappa shape index (κ2) is 7.07. The van der Waals surface area contributed by atoms with E-state index in [0.717, 1.165) is 5.56 Å². The fourth-order valence-electron chi connectivity index (χ4n) is 2.86. The van der Waals surface area contributed by atoms with Crippen molar-refractivity contribution in [3.05, 3.63) is 75.2 Å². The Bertz CT molecular complexity index is 997. The Morgan fingerprint density at radius 1 is 1.16 bits per heavy atom. The molecule has 5 nitrogen and oxygen atoms in total. The first-order valence-corrected chi connectivity index (χ1v) is 8.34. The molecule has 0 saturated heterocycles. The molecule has 6 heteroatoms. The van der Waals surface area contributed by atoms with Crippen LogP contribution in [0.4, 0.5) is 0 Å². The molecule has 1 atom stereocenters. The highest BCUT2D eigenvalue weighted by Crippen LogP contribution is 2.22. The molecule has 1 N–H and O–H groups in total. The number of hydrogen-bond acceptors (Lipinski definition) is 3. The average Bonchev–Trinajstić information content (AvgIpc) is 2.59. The van der Waals surface area contributed by atoms with E-state index in [4.69, 9.17) is 11.6 Å². The summed E-state index contributed by atoms with van der Waals surface area (Å²) in [6.45, 7) is 1.88. The summed E-state index contributed by atoms with van der Waals surface area (Å²) < 4.78 is 1.27. The molecule has 0 bridgehead atoms. The van der Waals surface area contributed by atoms with E-state index in [0.29, 0.717) is 21.5 Å². The van der Waals surface area contributed by atoms with Crippen LogP contribution < -0.4 is 10.9 Å². The van der Waals surface area contributed by atoms with Crippen LogP contribution in [0, 0.1) is 0 Å². The minimum absolute atomic E-state index is 0.0867. The van der Waals surface area contributed by atoms with Crippen molar-refractivity contribution in [1.29, 1.82) is 0 Å². The SMILES string of the molecule is CC(NC(=O)Cc1nn(C)c(=O)c2ccccc12)c1ccccc1Cl. The Labute approximate surface area is 150 Å². The van der Waals surface area contributed by atoms with Gasteiger partial charge in [-0.25, -0.2) is 4.68 Å². The first-order valence-electron chi connectivity index (χ1n) is 7.96. The van der Waals surface area contributed by atoms with Crippen LogP contribution in [-0.2, 0) is 18.3 Å². The smallest absolute Gasteiger partial charge is 0.274 e. The Morgan fingerprint density at radius 3 is 2.52 bits per heavy atom. The van der Waals surface area contributed by atoms with Gasteiger partial charge in [-0.1, -0.05) is 48.0 Å². The highest BCUT2D eigenvalue weighted by atomic mass is 35.5. The molecule has 0 aliphatic carbocycles. The molecule has 25 heavy (non-hydrogen) atoms. The van der Waals surface area contributed by atoms with Crippen molar-refractivity contribution in [2.45, 2.75) is 19.4 Å². The molecule has 0 aliphatic heterocycles. The number of nitrogens with zero attached hydrogens (tertiary/aromatic N) is 2. The quantitative estimate of drug-likeness (QED) is 0.782. The molecule has 0 spiro atoms. The van der Waals surface area contributed by atoms with E-state index in [1.807, 2.05) is 37.3 Å². The van der Waals surface area contributed by atoms with Crippen LogP contribution in [0.15, 0.2) is 53.3 Å². The maximum absolute atomic E-state index is 12.5. The third-order valence-corrected chi connectivity index (χ3v) is 4.45. The molecule has 1 aromatic heterocycles. The summed E-state index contributed by atoms with van der Waals surface area (Å²) in [5.74, 6) is -0.177. The molecule has 3 rings (SSSR count). The zero-order valence-corrected chi connectivity index (χ0v) is 14.7. The van der Waals surface area contributed by atoms with Gasteiger partial charge >= 0.3 is 0 Å². The second-order valence-corrected chi connectivity index (χ2v) is 6.32. The summed E-state index contributed by atoms with van der Waals surface area (Å²) in [6, 6.07) is 14.4. The summed E-state index contributed by atoms with van der Waals surface area (Å²) in [7, 11) is 1.59. The third-order valence-electron chi connectivity index (χ3n) is 4.11. The van der Waals surface area contributed by atoms with Crippen molar-refractivity contribution >= 4 is 28.3 Å². The number of fused-ring (bicyclic) bond motifs is 1. The number of carbonyl (C=O) groups excluding carboxylic acids is 1. The third kappa shape index (κ3) is 3.56. The minimum Gasteiger partial charge on any atom is -0.349 e. The van der Waals surface area contributed by atoms with Crippen molar-refractivity contribution in [1.82, 2.24) is 15.1 Å². The van der Waals surface area contributed by atoms with E-state index in [9.17, 15) is 9.59 Å². The average molecular weight is 356 g/mol. The predicted molar refractivity (Wildman–Crippen MR) is 98.7 cm³/mol. The first-order chi connectivity index (χ1) is 12.0. The molecule has 3 aromatic rings. The minimum atomic E-state index is -0.222. The van der Waals surface area contributed by atoms with Crippen LogP contribution >= 0.6 is 11.6 Å². The molecule has 0 fully saturated rings. The lowest BCUT2D eigenvalue weighted by Crippen LogP contribution is -2.30. The topological polar surface area (TPSA) is 64.0 Å². The van der Waals surface area contributed by atoms with E-state index < -0.39 is 0 Å².